The van der Waals surface area contributed by atoms with E-state index in [1.165, 1.54) is 0 Å². The number of nitrogens with one attached hydrogen (secondary N) is 2. The highest BCUT2D eigenvalue weighted by atomic mass is 32.2. The van der Waals surface area contributed by atoms with Crippen molar-refractivity contribution >= 4 is 22.9 Å². The predicted octanol–water partition coefficient (Wildman–Crippen LogP) is 0.438. The Morgan fingerprint density at radius 1 is 1.55 bits per heavy atom. The fourth-order valence-electron chi connectivity index (χ4n) is 1.75. The summed E-state index contributed by atoms with van der Waals surface area (Å²) in [7, 11) is 0. The minimum Gasteiger partial charge on any atom is -0.350 e. The summed E-state index contributed by atoms with van der Waals surface area (Å²) < 4.78 is 0. The van der Waals surface area contributed by atoms with Crippen molar-refractivity contribution in [3.8, 4) is 11.8 Å². The van der Waals surface area contributed by atoms with E-state index in [0.717, 1.165) is 22.9 Å². The zero-order chi connectivity index (χ0) is 14.4. The van der Waals surface area contributed by atoms with Crippen molar-refractivity contribution in [3.63, 3.8) is 0 Å². The van der Waals surface area contributed by atoms with Crippen LogP contribution >= 0.6 is 11.8 Å². The lowest BCUT2D eigenvalue weighted by atomic mass is 10.1. The molecule has 0 aromatic heterocycles. The Hall–Kier alpha value is -1.97. The molecule has 4 N–H and O–H groups in total. The van der Waals surface area contributed by atoms with Gasteiger partial charge in [-0.25, -0.2) is 0 Å². The summed E-state index contributed by atoms with van der Waals surface area (Å²) in [5, 5.41) is 5.26. The van der Waals surface area contributed by atoms with E-state index in [1.807, 2.05) is 24.3 Å². The summed E-state index contributed by atoms with van der Waals surface area (Å²) in [6, 6.07) is 7.16. The molecule has 0 spiro atoms. The Balaban J connectivity index is 1.90. The molecule has 1 saturated heterocycles. The number of amides is 2. The van der Waals surface area contributed by atoms with Gasteiger partial charge in [0.25, 0.3) is 5.24 Å². The molecule has 1 aromatic rings. The number of carbonyl (C=O) groups excluding carboxylic acids is 2. The third-order valence-electron chi connectivity index (χ3n) is 2.72. The van der Waals surface area contributed by atoms with E-state index in [2.05, 4.69) is 22.5 Å². The van der Waals surface area contributed by atoms with E-state index in [9.17, 15) is 9.59 Å². The van der Waals surface area contributed by atoms with Gasteiger partial charge in [0.15, 0.2) is 0 Å². The Morgan fingerprint density at radius 3 is 3.10 bits per heavy atom. The number of rotatable bonds is 3. The molecule has 1 fully saturated rings. The molecule has 20 heavy (non-hydrogen) atoms. The van der Waals surface area contributed by atoms with Crippen molar-refractivity contribution in [2.24, 2.45) is 5.73 Å². The van der Waals surface area contributed by atoms with Crippen molar-refractivity contribution in [3.05, 3.63) is 35.4 Å². The van der Waals surface area contributed by atoms with Crippen LogP contribution in [0.3, 0.4) is 0 Å². The van der Waals surface area contributed by atoms with E-state index in [4.69, 9.17) is 5.73 Å². The SMILES string of the molecule is NCC#Cc1cccc(CNC(=O)C2CSC(=O)N2)c1. The fraction of sp³-hybridized carbons (Fsp3) is 0.286. The topological polar surface area (TPSA) is 84.2 Å². The maximum atomic E-state index is 11.8. The van der Waals surface area contributed by atoms with Crippen LogP contribution in [0.25, 0.3) is 0 Å². The molecule has 1 aliphatic rings. The van der Waals surface area contributed by atoms with Crippen LogP contribution in [0.5, 0.6) is 0 Å². The average molecular weight is 289 g/mol. The predicted molar refractivity (Wildman–Crippen MR) is 79.0 cm³/mol. The smallest absolute Gasteiger partial charge is 0.279 e. The fourth-order valence-corrected chi connectivity index (χ4v) is 2.53. The van der Waals surface area contributed by atoms with Crippen molar-refractivity contribution in [1.82, 2.24) is 10.6 Å². The summed E-state index contributed by atoms with van der Waals surface area (Å²) in [6.07, 6.45) is 0. The lowest BCUT2D eigenvalue weighted by Gasteiger charge is -2.10. The molecule has 2 amide bonds. The minimum atomic E-state index is -0.437. The van der Waals surface area contributed by atoms with Crippen LogP contribution in [-0.4, -0.2) is 29.5 Å². The van der Waals surface area contributed by atoms with Crippen molar-refractivity contribution in [2.45, 2.75) is 12.6 Å². The molecule has 1 unspecified atom stereocenters. The first-order chi connectivity index (χ1) is 9.69. The van der Waals surface area contributed by atoms with Gasteiger partial charge in [-0.1, -0.05) is 35.7 Å². The van der Waals surface area contributed by atoms with E-state index < -0.39 is 6.04 Å². The van der Waals surface area contributed by atoms with Gasteiger partial charge in [0.2, 0.25) is 5.91 Å². The molecule has 1 atom stereocenters. The van der Waals surface area contributed by atoms with Crippen molar-refractivity contribution in [1.29, 1.82) is 0 Å². The number of carbonyl (C=O) groups is 2. The zero-order valence-corrected chi connectivity index (χ0v) is 11.6. The van der Waals surface area contributed by atoms with Crippen LogP contribution in [0.4, 0.5) is 4.79 Å². The quantitative estimate of drug-likeness (QED) is 0.705. The Morgan fingerprint density at radius 2 is 2.40 bits per heavy atom. The molecule has 0 radical (unpaired) electrons. The van der Waals surface area contributed by atoms with Gasteiger partial charge in [-0.3, -0.25) is 9.59 Å². The summed E-state index contributed by atoms with van der Waals surface area (Å²) in [5.74, 6) is 6.05. The second-order valence-corrected chi connectivity index (χ2v) is 5.21. The number of nitrogens with two attached hydrogens (primary N) is 1. The van der Waals surface area contributed by atoms with Gasteiger partial charge in [-0.2, -0.15) is 0 Å². The van der Waals surface area contributed by atoms with Crippen LogP contribution in [0, 0.1) is 11.8 Å². The maximum Gasteiger partial charge on any atom is 0.279 e. The van der Waals surface area contributed by atoms with E-state index in [0.29, 0.717) is 18.8 Å². The largest absolute Gasteiger partial charge is 0.350 e. The molecular weight excluding hydrogens is 274 g/mol. The molecule has 2 rings (SSSR count). The maximum absolute atomic E-state index is 11.8. The first kappa shape index (κ1) is 14.4. The van der Waals surface area contributed by atoms with Crippen LogP contribution < -0.4 is 16.4 Å². The Bertz CT molecular complexity index is 577. The first-order valence-electron chi connectivity index (χ1n) is 6.18. The average Bonchev–Trinajstić information content (AvgIpc) is 2.90. The van der Waals surface area contributed by atoms with E-state index in [1.54, 1.807) is 0 Å². The highest BCUT2D eigenvalue weighted by Gasteiger charge is 2.27. The Labute approximate surface area is 121 Å². The summed E-state index contributed by atoms with van der Waals surface area (Å²) in [5.41, 5.74) is 7.15. The third kappa shape index (κ3) is 4.02. The van der Waals surface area contributed by atoms with Gasteiger partial charge in [-0.15, -0.1) is 0 Å². The summed E-state index contributed by atoms with van der Waals surface area (Å²) in [4.78, 5) is 22.9. The van der Waals surface area contributed by atoms with E-state index in [-0.39, 0.29) is 11.1 Å². The van der Waals surface area contributed by atoms with Crippen molar-refractivity contribution in [2.75, 3.05) is 12.3 Å². The molecule has 1 aliphatic heterocycles. The van der Waals surface area contributed by atoms with E-state index >= 15 is 0 Å². The highest BCUT2D eigenvalue weighted by molar-refractivity contribution is 8.14. The summed E-state index contributed by atoms with van der Waals surface area (Å²) in [6.45, 7) is 0.730. The van der Waals surface area contributed by atoms with Crippen LogP contribution in [0.2, 0.25) is 0 Å². The summed E-state index contributed by atoms with van der Waals surface area (Å²) >= 11 is 1.13. The molecular formula is C14H15N3O2S. The van der Waals surface area contributed by atoms with Gasteiger partial charge in [0.1, 0.15) is 6.04 Å². The van der Waals surface area contributed by atoms with Gasteiger partial charge < -0.3 is 16.4 Å². The number of benzene rings is 1. The molecule has 5 nitrogen and oxygen atoms in total. The molecule has 0 bridgehead atoms. The molecule has 1 heterocycles. The normalized spacial score (nSPS) is 17.1. The number of thioether (sulfide) groups is 1. The van der Waals surface area contributed by atoms with Gasteiger partial charge in [-0.05, 0) is 17.7 Å². The van der Waals surface area contributed by atoms with Crippen molar-refractivity contribution < 1.29 is 9.59 Å². The molecule has 104 valence electrons. The minimum absolute atomic E-state index is 0.149. The van der Waals surface area contributed by atoms with Gasteiger partial charge in [0.05, 0.1) is 6.54 Å². The molecule has 0 saturated carbocycles. The van der Waals surface area contributed by atoms with Gasteiger partial charge in [0, 0.05) is 17.9 Å². The Kier molecular flexibility index (Phi) is 5.04. The second-order valence-electron chi connectivity index (χ2n) is 4.22. The lowest BCUT2D eigenvalue weighted by molar-refractivity contribution is -0.122. The lowest BCUT2D eigenvalue weighted by Crippen LogP contribution is -2.42. The number of hydrogen-bond donors (Lipinski definition) is 3. The standard InChI is InChI=1S/C14H15N3O2S/c15-6-2-5-10-3-1-4-11(7-10)8-16-13(18)12-9-20-14(19)17-12/h1,3-4,7,12H,6,8-9,15H2,(H,16,18)(H,17,19). The molecule has 0 aliphatic carbocycles. The third-order valence-corrected chi connectivity index (χ3v) is 3.60. The zero-order valence-electron chi connectivity index (χ0n) is 10.8. The monoisotopic (exact) mass is 289 g/mol. The van der Waals surface area contributed by atoms with Crippen LogP contribution in [0.15, 0.2) is 24.3 Å². The molecule has 1 aromatic carbocycles. The molecule has 6 heteroatoms. The first-order valence-corrected chi connectivity index (χ1v) is 7.16. The van der Waals surface area contributed by atoms with Gasteiger partial charge >= 0.3 is 0 Å². The van der Waals surface area contributed by atoms with Crippen LogP contribution in [0.1, 0.15) is 11.1 Å². The second kappa shape index (κ2) is 6.98. The number of hydrogen-bond acceptors (Lipinski definition) is 4. The van der Waals surface area contributed by atoms with Crippen LogP contribution in [-0.2, 0) is 11.3 Å². The highest BCUT2D eigenvalue weighted by Crippen LogP contribution is 2.13.